The molecule has 0 aliphatic heterocycles. The molecule has 0 aromatic carbocycles. The number of ether oxygens (including phenoxy) is 1. The van der Waals surface area contributed by atoms with E-state index in [2.05, 4.69) is 52.8 Å². The first kappa shape index (κ1) is 24.7. The molecule has 0 bridgehead atoms. The maximum absolute atomic E-state index is 11.4. The van der Waals surface area contributed by atoms with Crippen molar-refractivity contribution < 1.29 is 27.3 Å². The van der Waals surface area contributed by atoms with Crippen molar-refractivity contribution in [2.45, 2.75) is 71.7 Å². The lowest BCUT2D eigenvalue weighted by atomic mass is 10.3. The van der Waals surface area contributed by atoms with E-state index in [1.807, 2.05) is 0 Å². The second-order valence-corrected chi connectivity index (χ2v) is 20.4. The van der Waals surface area contributed by atoms with E-state index >= 15 is 0 Å². The molecule has 0 aromatic rings. The molecule has 1 unspecified atom stereocenters. The van der Waals surface area contributed by atoms with Crippen molar-refractivity contribution in [3.8, 4) is 0 Å². The number of rotatable bonds is 12. The van der Waals surface area contributed by atoms with Gasteiger partial charge >= 0.3 is 14.8 Å². The standard InChI is InChI=1S/C16H36O6Si3/c1-10-11-25(21-23(4,5)6,22-24(7,8)9)20-13-15(17)12-19-16(18)14(2)3/h15,17H,2,10-13H2,1,3-9H3. The number of carbonyl (C=O) groups is 1. The van der Waals surface area contributed by atoms with Crippen LogP contribution in [0.3, 0.4) is 0 Å². The highest BCUT2D eigenvalue weighted by Gasteiger charge is 2.47. The molecule has 0 saturated heterocycles. The quantitative estimate of drug-likeness (QED) is 0.302. The molecule has 0 aromatic heterocycles. The lowest BCUT2D eigenvalue weighted by molar-refractivity contribution is -0.142. The molecule has 25 heavy (non-hydrogen) atoms. The van der Waals surface area contributed by atoms with Gasteiger partial charge in [0.15, 0.2) is 16.6 Å². The zero-order chi connectivity index (χ0) is 19.9. The summed E-state index contributed by atoms with van der Waals surface area (Å²) < 4.78 is 23.8. The van der Waals surface area contributed by atoms with Crippen molar-refractivity contribution in [3.63, 3.8) is 0 Å². The maximum Gasteiger partial charge on any atom is 0.480 e. The smallest absolute Gasteiger partial charge is 0.460 e. The van der Waals surface area contributed by atoms with Crippen molar-refractivity contribution in [1.29, 1.82) is 0 Å². The van der Waals surface area contributed by atoms with Crippen LogP contribution in [-0.2, 0) is 22.2 Å². The van der Waals surface area contributed by atoms with E-state index in [1.54, 1.807) is 6.92 Å². The Labute approximate surface area is 156 Å². The van der Waals surface area contributed by atoms with Gasteiger partial charge in [-0.2, -0.15) is 0 Å². The molecule has 148 valence electrons. The highest BCUT2D eigenvalue weighted by Crippen LogP contribution is 2.27. The summed E-state index contributed by atoms with van der Waals surface area (Å²) in [4.78, 5) is 11.4. The first-order valence-corrected chi connectivity index (χ1v) is 17.5. The Hall–Kier alpha value is -0.299. The van der Waals surface area contributed by atoms with E-state index in [0.29, 0.717) is 11.6 Å². The minimum atomic E-state index is -2.90. The van der Waals surface area contributed by atoms with Crippen LogP contribution in [0.25, 0.3) is 0 Å². The molecule has 6 nitrogen and oxygen atoms in total. The van der Waals surface area contributed by atoms with Gasteiger partial charge in [-0.3, -0.25) is 0 Å². The summed E-state index contributed by atoms with van der Waals surface area (Å²) in [5.74, 6) is -0.521. The number of carbonyl (C=O) groups excluding carboxylic acids is 1. The Balaban J connectivity index is 5.02. The van der Waals surface area contributed by atoms with Crippen LogP contribution in [0.2, 0.25) is 45.3 Å². The Morgan fingerprint density at radius 3 is 1.88 bits per heavy atom. The summed E-state index contributed by atoms with van der Waals surface area (Å²) in [5, 5.41) is 10.1. The van der Waals surface area contributed by atoms with Crippen molar-refractivity contribution in [3.05, 3.63) is 12.2 Å². The molecular formula is C16H36O6Si3. The highest BCUT2D eigenvalue weighted by molar-refractivity contribution is 6.85. The van der Waals surface area contributed by atoms with Gasteiger partial charge in [-0.1, -0.05) is 19.9 Å². The van der Waals surface area contributed by atoms with Gasteiger partial charge in [0.05, 0.1) is 6.61 Å². The Morgan fingerprint density at radius 2 is 1.52 bits per heavy atom. The molecule has 0 heterocycles. The van der Waals surface area contributed by atoms with Gasteiger partial charge in [0, 0.05) is 11.6 Å². The van der Waals surface area contributed by atoms with Crippen LogP contribution in [-0.4, -0.2) is 55.8 Å². The molecule has 0 amide bonds. The highest BCUT2D eigenvalue weighted by atomic mass is 28.5. The molecular weight excluding hydrogens is 372 g/mol. The average molecular weight is 409 g/mol. The second-order valence-electron chi connectivity index (χ2n) is 8.21. The third-order valence-electron chi connectivity index (χ3n) is 2.73. The van der Waals surface area contributed by atoms with Gasteiger partial charge in [0.25, 0.3) is 0 Å². The molecule has 0 spiro atoms. The van der Waals surface area contributed by atoms with E-state index in [0.717, 1.165) is 6.42 Å². The number of hydrogen-bond acceptors (Lipinski definition) is 6. The molecule has 9 heteroatoms. The van der Waals surface area contributed by atoms with Crippen molar-refractivity contribution >= 4 is 31.4 Å². The zero-order valence-electron chi connectivity index (χ0n) is 17.1. The monoisotopic (exact) mass is 408 g/mol. The SMILES string of the molecule is C=C(C)C(=O)OCC(O)CO[Si](CCC)(O[Si](C)(C)C)O[Si](C)(C)C. The first-order valence-electron chi connectivity index (χ1n) is 8.75. The van der Waals surface area contributed by atoms with Crippen LogP contribution in [0.1, 0.15) is 20.3 Å². The fraction of sp³-hybridized carbons (Fsp3) is 0.812. The summed E-state index contributed by atoms with van der Waals surface area (Å²) in [6.45, 7) is 19.6. The predicted octanol–water partition coefficient (Wildman–Crippen LogP) is 3.54. The maximum atomic E-state index is 11.4. The molecule has 0 aliphatic carbocycles. The summed E-state index contributed by atoms with van der Waals surface area (Å²) in [6, 6.07) is 0.708. The lowest BCUT2D eigenvalue weighted by Crippen LogP contribution is -2.57. The molecule has 0 aliphatic rings. The minimum Gasteiger partial charge on any atom is -0.460 e. The largest absolute Gasteiger partial charge is 0.480 e. The summed E-state index contributed by atoms with van der Waals surface area (Å²) in [6.07, 6.45) is -0.0513. The molecule has 1 atom stereocenters. The number of aliphatic hydroxyl groups is 1. The number of esters is 1. The van der Waals surface area contributed by atoms with Gasteiger partial charge in [-0.05, 0) is 46.2 Å². The second kappa shape index (κ2) is 10.1. The minimum absolute atomic E-state index is 0.0185. The molecule has 0 fully saturated rings. The van der Waals surface area contributed by atoms with E-state index in [9.17, 15) is 9.90 Å². The topological polar surface area (TPSA) is 74.2 Å². The van der Waals surface area contributed by atoms with Crippen LogP contribution in [0.5, 0.6) is 0 Å². The number of aliphatic hydroxyl groups excluding tert-OH is 1. The van der Waals surface area contributed by atoms with Crippen LogP contribution in [0.15, 0.2) is 12.2 Å². The first-order chi connectivity index (χ1) is 11.2. The number of hydrogen-bond donors (Lipinski definition) is 1. The third-order valence-corrected chi connectivity index (χ3v) is 11.8. The van der Waals surface area contributed by atoms with Gasteiger partial charge in [-0.25, -0.2) is 4.79 Å². The fourth-order valence-corrected chi connectivity index (χ4v) is 12.6. The molecule has 0 radical (unpaired) electrons. The van der Waals surface area contributed by atoms with Gasteiger partial charge in [-0.15, -0.1) is 0 Å². The van der Waals surface area contributed by atoms with E-state index in [4.69, 9.17) is 17.4 Å². The van der Waals surface area contributed by atoms with E-state index in [-0.39, 0.29) is 13.2 Å². The van der Waals surface area contributed by atoms with Gasteiger partial charge < -0.3 is 22.5 Å². The van der Waals surface area contributed by atoms with Crippen LogP contribution < -0.4 is 0 Å². The average Bonchev–Trinajstić information content (AvgIpc) is 2.38. The third kappa shape index (κ3) is 11.8. The van der Waals surface area contributed by atoms with Crippen molar-refractivity contribution in [2.75, 3.05) is 13.2 Å². The van der Waals surface area contributed by atoms with E-state index < -0.39 is 37.5 Å². The van der Waals surface area contributed by atoms with Gasteiger partial charge in [0.1, 0.15) is 12.7 Å². The molecule has 0 saturated carbocycles. The fourth-order valence-electron chi connectivity index (χ4n) is 2.06. The Bertz CT molecular complexity index is 426. The zero-order valence-corrected chi connectivity index (χ0v) is 20.1. The van der Waals surface area contributed by atoms with Crippen LogP contribution in [0.4, 0.5) is 0 Å². The predicted molar refractivity (Wildman–Crippen MR) is 107 cm³/mol. The summed E-state index contributed by atoms with van der Waals surface area (Å²) in [7, 11) is -6.70. The van der Waals surface area contributed by atoms with Crippen LogP contribution >= 0.6 is 0 Å². The van der Waals surface area contributed by atoms with Crippen molar-refractivity contribution in [2.24, 2.45) is 0 Å². The van der Waals surface area contributed by atoms with Gasteiger partial charge in [0.2, 0.25) is 0 Å². The van der Waals surface area contributed by atoms with E-state index in [1.165, 1.54) is 0 Å². The Kier molecular flexibility index (Phi) is 10.0. The normalized spacial score (nSPS) is 14.3. The molecule has 1 N–H and O–H groups in total. The van der Waals surface area contributed by atoms with Crippen LogP contribution in [0, 0.1) is 0 Å². The Morgan fingerprint density at radius 1 is 1.04 bits per heavy atom. The molecule has 0 rings (SSSR count). The summed E-state index contributed by atoms with van der Waals surface area (Å²) in [5.41, 5.74) is 0.298. The van der Waals surface area contributed by atoms with Crippen molar-refractivity contribution in [1.82, 2.24) is 0 Å². The summed E-state index contributed by atoms with van der Waals surface area (Å²) >= 11 is 0. The lowest BCUT2D eigenvalue weighted by Gasteiger charge is -2.39.